The normalized spacial score (nSPS) is 9.78. The van der Waals surface area contributed by atoms with Crippen LogP contribution in [0.3, 0.4) is 0 Å². The van der Waals surface area contributed by atoms with Crippen LogP contribution in [0.15, 0.2) is 33.7 Å². The highest BCUT2D eigenvalue weighted by atomic mass is 16.5. The minimum absolute atomic E-state index is 0.0878. The third kappa shape index (κ3) is 1.89. The average molecular weight is 244 g/mol. The number of methoxy groups -OCH3 is 1. The molecule has 0 saturated carbocycles. The zero-order chi connectivity index (χ0) is 13.1. The van der Waals surface area contributed by atoms with Gasteiger partial charge >= 0.3 is 5.97 Å². The second-order valence-corrected chi connectivity index (χ2v) is 3.38. The fourth-order valence-corrected chi connectivity index (χ4v) is 1.51. The maximum atomic E-state index is 11.7. The van der Waals surface area contributed by atoms with Crippen LogP contribution in [0, 0.1) is 11.3 Å². The van der Waals surface area contributed by atoms with Crippen LogP contribution in [-0.2, 0) is 4.74 Å². The van der Waals surface area contributed by atoms with E-state index < -0.39 is 11.5 Å². The molecule has 2 aromatic heterocycles. The summed E-state index contributed by atoms with van der Waals surface area (Å²) in [5.74, 6) is -0.354. The predicted molar refractivity (Wildman–Crippen MR) is 60.8 cm³/mol. The van der Waals surface area contributed by atoms with Gasteiger partial charge in [0.1, 0.15) is 17.4 Å². The van der Waals surface area contributed by atoms with Gasteiger partial charge in [0.15, 0.2) is 0 Å². The number of nitrogens with one attached hydrogen (secondary N) is 1. The molecule has 2 aromatic rings. The fraction of sp³-hybridized carbons (Fsp3) is 0.0833. The monoisotopic (exact) mass is 244 g/mol. The fourth-order valence-electron chi connectivity index (χ4n) is 1.51. The van der Waals surface area contributed by atoms with Gasteiger partial charge < -0.3 is 14.1 Å². The molecule has 6 nitrogen and oxygen atoms in total. The molecule has 2 heterocycles. The summed E-state index contributed by atoms with van der Waals surface area (Å²) in [6.07, 6.45) is 1.43. The number of hydrogen-bond acceptors (Lipinski definition) is 5. The summed E-state index contributed by atoms with van der Waals surface area (Å²) in [5, 5.41) is 8.86. The maximum Gasteiger partial charge on any atom is 0.339 e. The predicted octanol–water partition coefficient (Wildman–Crippen LogP) is 1.29. The number of carbonyl (C=O) groups is 1. The minimum Gasteiger partial charge on any atom is -0.465 e. The lowest BCUT2D eigenvalue weighted by Gasteiger charge is -2.03. The second kappa shape index (κ2) is 4.59. The maximum absolute atomic E-state index is 11.7. The first-order valence-corrected chi connectivity index (χ1v) is 4.97. The molecule has 0 atom stereocenters. The number of aromatic nitrogens is 1. The van der Waals surface area contributed by atoms with E-state index in [-0.39, 0.29) is 11.1 Å². The largest absolute Gasteiger partial charge is 0.465 e. The summed E-state index contributed by atoms with van der Waals surface area (Å²) >= 11 is 0. The summed E-state index contributed by atoms with van der Waals surface area (Å²) < 4.78 is 9.64. The van der Waals surface area contributed by atoms with Gasteiger partial charge in [-0.2, -0.15) is 5.26 Å². The number of pyridine rings is 1. The molecule has 0 spiro atoms. The van der Waals surface area contributed by atoms with Crippen molar-refractivity contribution >= 4 is 5.97 Å². The molecule has 0 radical (unpaired) electrons. The Bertz CT molecular complexity index is 677. The second-order valence-electron chi connectivity index (χ2n) is 3.38. The Hall–Kier alpha value is -2.81. The van der Waals surface area contributed by atoms with Crippen LogP contribution in [0.4, 0.5) is 0 Å². The van der Waals surface area contributed by atoms with Crippen molar-refractivity contribution in [2.24, 2.45) is 0 Å². The van der Waals surface area contributed by atoms with E-state index in [1.165, 1.54) is 19.4 Å². The molecule has 90 valence electrons. The van der Waals surface area contributed by atoms with Gasteiger partial charge in [-0.3, -0.25) is 4.79 Å². The molecule has 1 N–H and O–H groups in total. The minimum atomic E-state index is -0.745. The van der Waals surface area contributed by atoms with Crippen LogP contribution in [0.1, 0.15) is 15.9 Å². The molecule has 0 aliphatic heterocycles. The van der Waals surface area contributed by atoms with Crippen molar-refractivity contribution in [2.45, 2.75) is 0 Å². The Labute approximate surface area is 101 Å². The number of ether oxygens (including phenoxy) is 1. The van der Waals surface area contributed by atoms with E-state index in [2.05, 4.69) is 9.72 Å². The number of nitrogens with zero attached hydrogens (tertiary/aromatic N) is 1. The van der Waals surface area contributed by atoms with E-state index in [4.69, 9.17) is 9.68 Å². The number of rotatable bonds is 2. The van der Waals surface area contributed by atoms with Crippen molar-refractivity contribution in [2.75, 3.05) is 7.11 Å². The summed E-state index contributed by atoms with van der Waals surface area (Å²) in [6.45, 7) is 0. The summed E-state index contributed by atoms with van der Waals surface area (Å²) in [4.78, 5) is 25.7. The van der Waals surface area contributed by atoms with E-state index in [1.54, 1.807) is 18.2 Å². The van der Waals surface area contributed by atoms with Gasteiger partial charge in [0.25, 0.3) is 5.56 Å². The van der Waals surface area contributed by atoms with Crippen molar-refractivity contribution in [3.05, 3.63) is 45.9 Å². The molecular formula is C12H8N2O4. The highest BCUT2D eigenvalue weighted by Crippen LogP contribution is 2.18. The number of H-pyrrole nitrogens is 1. The Kier molecular flexibility index (Phi) is 2.98. The Balaban J connectivity index is 2.68. The van der Waals surface area contributed by atoms with Crippen molar-refractivity contribution in [3.63, 3.8) is 0 Å². The van der Waals surface area contributed by atoms with Gasteiger partial charge in [-0.05, 0) is 18.2 Å². The molecule has 0 bridgehead atoms. The summed E-state index contributed by atoms with van der Waals surface area (Å²) in [5.41, 5.74) is -0.719. The standard InChI is InChI=1S/C12H8N2O4/c1-17-12(16)7-5-9(10-3-2-4-18-10)14-11(15)8(7)6-13/h2-5H,1H3,(H,14,15). The number of carbonyl (C=O) groups excluding carboxylic acids is 1. The molecule has 0 saturated heterocycles. The number of aromatic amines is 1. The van der Waals surface area contributed by atoms with E-state index in [9.17, 15) is 9.59 Å². The molecule has 0 amide bonds. The zero-order valence-electron chi connectivity index (χ0n) is 9.39. The molecule has 0 aliphatic rings. The number of furan rings is 1. The quantitative estimate of drug-likeness (QED) is 0.803. The smallest absolute Gasteiger partial charge is 0.339 e. The Morgan fingerprint density at radius 1 is 1.56 bits per heavy atom. The molecule has 6 heteroatoms. The van der Waals surface area contributed by atoms with Crippen molar-refractivity contribution < 1.29 is 13.9 Å². The van der Waals surface area contributed by atoms with E-state index in [0.717, 1.165) is 0 Å². The van der Waals surface area contributed by atoms with Gasteiger partial charge in [0.05, 0.1) is 24.6 Å². The van der Waals surface area contributed by atoms with Crippen LogP contribution in [-0.4, -0.2) is 18.1 Å². The molecule has 0 aliphatic carbocycles. The number of nitriles is 1. The third-order valence-corrected chi connectivity index (χ3v) is 2.34. The summed E-state index contributed by atoms with van der Waals surface area (Å²) in [6, 6.07) is 6.29. The van der Waals surface area contributed by atoms with Crippen LogP contribution in [0.25, 0.3) is 11.5 Å². The topological polar surface area (TPSA) is 96.1 Å². The Morgan fingerprint density at radius 3 is 2.89 bits per heavy atom. The molecule has 0 unspecified atom stereocenters. The van der Waals surface area contributed by atoms with Gasteiger partial charge in [-0.1, -0.05) is 0 Å². The van der Waals surface area contributed by atoms with Crippen molar-refractivity contribution in [1.82, 2.24) is 4.98 Å². The van der Waals surface area contributed by atoms with E-state index >= 15 is 0 Å². The first-order valence-electron chi connectivity index (χ1n) is 4.97. The van der Waals surface area contributed by atoms with E-state index in [1.807, 2.05) is 0 Å². The first-order chi connectivity index (χ1) is 8.67. The van der Waals surface area contributed by atoms with Gasteiger partial charge in [-0.25, -0.2) is 4.79 Å². The number of hydrogen-bond donors (Lipinski definition) is 1. The summed E-state index contributed by atoms with van der Waals surface area (Å²) in [7, 11) is 1.18. The third-order valence-electron chi connectivity index (χ3n) is 2.34. The lowest BCUT2D eigenvalue weighted by Crippen LogP contribution is -2.17. The van der Waals surface area contributed by atoms with Crippen LogP contribution in [0.5, 0.6) is 0 Å². The van der Waals surface area contributed by atoms with Gasteiger partial charge in [-0.15, -0.1) is 0 Å². The average Bonchev–Trinajstić information content (AvgIpc) is 2.90. The lowest BCUT2D eigenvalue weighted by molar-refractivity contribution is 0.0600. The highest BCUT2D eigenvalue weighted by Gasteiger charge is 2.18. The van der Waals surface area contributed by atoms with Crippen molar-refractivity contribution in [3.8, 4) is 17.5 Å². The SMILES string of the molecule is COC(=O)c1cc(-c2ccco2)[nH]c(=O)c1C#N. The van der Waals surface area contributed by atoms with Gasteiger partial charge in [0.2, 0.25) is 0 Å². The van der Waals surface area contributed by atoms with E-state index in [0.29, 0.717) is 11.5 Å². The molecule has 0 aromatic carbocycles. The molecule has 0 fully saturated rings. The first kappa shape index (κ1) is 11.7. The lowest BCUT2D eigenvalue weighted by atomic mass is 10.1. The van der Waals surface area contributed by atoms with Crippen LogP contribution in [0.2, 0.25) is 0 Å². The molecule has 18 heavy (non-hydrogen) atoms. The molecular weight excluding hydrogens is 236 g/mol. The van der Waals surface area contributed by atoms with Crippen LogP contribution >= 0.6 is 0 Å². The van der Waals surface area contributed by atoms with Crippen molar-refractivity contribution in [1.29, 1.82) is 5.26 Å². The Morgan fingerprint density at radius 2 is 2.33 bits per heavy atom. The number of esters is 1. The zero-order valence-corrected chi connectivity index (χ0v) is 9.39. The molecule has 2 rings (SSSR count). The highest BCUT2D eigenvalue weighted by molar-refractivity contribution is 5.93. The van der Waals surface area contributed by atoms with Crippen LogP contribution < -0.4 is 5.56 Å². The van der Waals surface area contributed by atoms with Gasteiger partial charge in [0, 0.05) is 0 Å².